The number of carbonyl (C=O) groups excluding carboxylic acids is 2. The summed E-state index contributed by atoms with van der Waals surface area (Å²) in [5.74, 6) is -2.57. The summed E-state index contributed by atoms with van der Waals surface area (Å²) in [4.78, 5) is 38.7. The van der Waals surface area contributed by atoms with Crippen molar-refractivity contribution in [2.24, 2.45) is 5.73 Å². The summed E-state index contributed by atoms with van der Waals surface area (Å²) in [5, 5.41) is 13.0. The number of carboxylic acid groups (broad SMARTS) is 1. The Morgan fingerprint density at radius 3 is 2.86 bits per heavy atom. The highest BCUT2D eigenvalue weighted by molar-refractivity contribution is 7.15. The number of aromatic nitrogens is 2. The summed E-state index contributed by atoms with van der Waals surface area (Å²) < 4.78 is 1.78. The molecule has 0 aromatic carbocycles. The van der Waals surface area contributed by atoms with E-state index in [4.69, 9.17) is 10.8 Å². The molecule has 0 saturated heterocycles. The minimum Gasteiger partial charge on any atom is -0.480 e. The van der Waals surface area contributed by atoms with Crippen molar-refractivity contribution in [1.82, 2.24) is 14.7 Å². The molecule has 2 amide bonds. The van der Waals surface area contributed by atoms with E-state index in [-0.39, 0.29) is 6.42 Å². The molecular formula is C12H14N4O4S. The molecule has 9 heteroatoms. The Labute approximate surface area is 123 Å². The van der Waals surface area contributed by atoms with Gasteiger partial charge in [0.25, 0.3) is 0 Å². The summed E-state index contributed by atoms with van der Waals surface area (Å²) in [6.07, 6.45) is 1.36. The Bertz CT molecular complexity index is 705. The number of aryl methyl sites for hydroxylation is 1. The number of imidazole rings is 1. The van der Waals surface area contributed by atoms with E-state index in [2.05, 4.69) is 10.3 Å². The molecule has 8 nitrogen and oxygen atoms in total. The highest BCUT2D eigenvalue weighted by Crippen LogP contribution is 2.16. The second-order valence-corrected chi connectivity index (χ2v) is 5.40. The molecule has 0 aliphatic rings. The summed E-state index contributed by atoms with van der Waals surface area (Å²) in [5.41, 5.74) is 6.49. The van der Waals surface area contributed by atoms with E-state index in [0.29, 0.717) is 5.69 Å². The monoisotopic (exact) mass is 310 g/mol. The molecule has 21 heavy (non-hydrogen) atoms. The number of primary amides is 1. The molecule has 0 aliphatic carbocycles. The molecule has 0 bridgehead atoms. The van der Waals surface area contributed by atoms with Crippen LogP contribution < -0.4 is 11.1 Å². The Kier molecular flexibility index (Phi) is 4.22. The number of carboxylic acids is 1. The van der Waals surface area contributed by atoms with Gasteiger partial charge in [-0.3, -0.25) is 14.0 Å². The molecule has 2 rings (SSSR count). The number of fused-ring (bicyclic) bond motifs is 1. The third-order valence-corrected chi connectivity index (χ3v) is 3.67. The van der Waals surface area contributed by atoms with Crippen molar-refractivity contribution in [2.75, 3.05) is 0 Å². The number of nitrogens with two attached hydrogens (primary N) is 1. The van der Waals surface area contributed by atoms with Crippen molar-refractivity contribution in [2.45, 2.75) is 25.8 Å². The van der Waals surface area contributed by atoms with Crippen molar-refractivity contribution in [1.29, 1.82) is 0 Å². The molecule has 0 saturated carbocycles. The molecule has 2 heterocycles. The van der Waals surface area contributed by atoms with Crippen LogP contribution >= 0.6 is 11.3 Å². The van der Waals surface area contributed by atoms with Crippen LogP contribution in [0.4, 0.5) is 0 Å². The number of thiazole rings is 1. The maximum atomic E-state index is 11.9. The van der Waals surface area contributed by atoms with Crippen LogP contribution in [0.5, 0.6) is 0 Å². The summed E-state index contributed by atoms with van der Waals surface area (Å²) in [7, 11) is 0. The summed E-state index contributed by atoms with van der Waals surface area (Å²) in [6.45, 7) is 1.84. The minimum absolute atomic E-state index is 0.00164. The molecular weight excluding hydrogens is 296 g/mol. The van der Waals surface area contributed by atoms with Gasteiger partial charge in [0, 0.05) is 17.3 Å². The lowest BCUT2D eigenvalue weighted by atomic mass is 10.2. The first kappa shape index (κ1) is 15.0. The van der Waals surface area contributed by atoms with Crippen molar-refractivity contribution >= 4 is 34.1 Å². The summed E-state index contributed by atoms with van der Waals surface area (Å²) in [6, 6.07) is -1.31. The van der Waals surface area contributed by atoms with Crippen LogP contribution in [-0.2, 0) is 20.8 Å². The maximum absolute atomic E-state index is 11.9. The molecule has 2 aromatic heterocycles. The molecule has 112 valence electrons. The molecule has 1 atom stereocenters. The predicted octanol–water partition coefficient (Wildman–Crippen LogP) is -0.308. The number of rotatable bonds is 6. The first-order valence-corrected chi connectivity index (χ1v) is 6.97. The molecule has 0 spiro atoms. The number of nitrogens with one attached hydrogen (secondary N) is 1. The normalized spacial score (nSPS) is 12.2. The van der Waals surface area contributed by atoms with Crippen molar-refractivity contribution in [3.63, 3.8) is 0 Å². The van der Waals surface area contributed by atoms with Gasteiger partial charge in [-0.25, -0.2) is 9.78 Å². The van der Waals surface area contributed by atoms with Crippen LogP contribution in [0.25, 0.3) is 4.96 Å². The Balaban J connectivity index is 2.06. The lowest BCUT2D eigenvalue weighted by Crippen LogP contribution is -2.44. The topological polar surface area (TPSA) is 127 Å². The number of carbonyl (C=O) groups is 3. The van der Waals surface area contributed by atoms with E-state index in [1.165, 1.54) is 11.3 Å². The van der Waals surface area contributed by atoms with Crippen molar-refractivity contribution < 1.29 is 19.5 Å². The molecule has 4 N–H and O–H groups in total. The van der Waals surface area contributed by atoms with Gasteiger partial charge in [0.15, 0.2) is 4.96 Å². The Hall–Kier alpha value is -2.42. The van der Waals surface area contributed by atoms with Crippen molar-refractivity contribution in [3.05, 3.63) is 23.0 Å². The number of aliphatic carboxylic acids is 1. The van der Waals surface area contributed by atoms with Gasteiger partial charge in [-0.2, -0.15) is 0 Å². The predicted molar refractivity (Wildman–Crippen MR) is 74.9 cm³/mol. The first-order valence-electron chi connectivity index (χ1n) is 6.09. The van der Waals surface area contributed by atoms with Gasteiger partial charge in [0.05, 0.1) is 18.5 Å². The fourth-order valence-corrected chi connectivity index (χ4v) is 2.80. The Morgan fingerprint density at radius 1 is 1.52 bits per heavy atom. The van der Waals surface area contributed by atoms with E-state index < -0.39 is 30.2 Å². The average molecular weight is 310 g/mol. The van der Waals surface area contributed by atoms with E-state index in [1.807, 2.05) is 6.92 Å². The largest absolute Gasteiger partial charge is 0.480 e. The molecule has 0 unspecified atom stereocenters. The second kappa shape index (κ2) is 5.92. The lowest BCUT2D eigenvalue weighted by Gasteiger charge is -2.12. The fourth-order valence-electron chi connectivity index (χ4n) is 1.88. The van der Waals surface area contributed by atoms with Gasteiger partial charge in [0.1, 0.15) is 6.04 Å². The van der Waals surface area contributed by atoms with Gasteiger partial charge in [-0.1, -0.05) is 0 Å². The molecule has 0 radical (unpaired) electrons. The average Bonchev–Trinajstić information content (AvgIpc) is 2.88. The quantitative estimate of drug-likeness (QED) is 0.674. The zero-order valence-electron chi connectivity index (χ0n) is 11.2. The van der Waals surface area contributed by atoms with Gasteiger partial charge in [-0.15, -0.1) is 11.3 Å². The number of hydrogen-bond donors (Lipinski definition) is 3. The van der Waals surface area contributed by atoms with Gasteiger partial charge < -0.3 is 16.2 Å². The zero-order chi connectivity index (χ0) is 15.6. The van der Waals surface area contributed by atoms with E-state index >= 15 is 0 Å². The van der Waals surface area contributed by atoms with Crippen LogP contribution in [0.15, 0.2) is 11.6 Å². The molecule has 2 aromatic rings. The third kappa shape index (κ3) is 3.57. The van der Waals surface area contributed by atoms with Gasteiger partial charge >= 0.3 is 5.97 Å². The zero-order valence-corrected chi connectivity index (χ0v) is 12.0. The maximum Gasteiger partial charge on any atom is 0.326 e. The van der Waals surface area contributed by atoms with E-state index in [0.717, 1.165) is 10.7 Å². The standard InChI is InChI=1S/C12H14N4O4S/c1-6-4-16-7(5-21-12(16)14-6)2-10(18)15-8(11(19)20)3-9(13)17/h4-5,8H,2-3H2,1H3,(H2,13,17)(H,15,18)(H,19,20)/t8-/m0/s1. The van der Waals surface area contributed by atoms with E-state index in [1.54, 1.807) is 16.0 Å². The van der Waals surface area contributed by atoms with Crippen LogP contribution in [0.3, 0.4) is 0 Å². The number of hydrogen-bond acceptors (Lipinski definition) is 5. The fraction of sp³-hybridized carbons (Fsp3) is 0.333. The van der Waals surface area contributed by atoms with Crippen molar-refractivity contribution in [3.8, 4) is 0 Å². The smallest absolute Gasteiger partial charge is 0.326 e. The SMILES string of the molecule is Cc1cn2c(CC(=O)N[C@@H](CC(N)=O)C(=O)O)csc2n1. The van der Waals surface area contributed by atoms with Gasteiger partial charge in [0.2, 0.25) is 11.8 Å². The third-order valence-electron chi connectivity index (χ3n) is 2.78. The second-order valence-electron chi connectivity index (χ2n) is 4.57. The van der Waals surface area contributed by atoms with Crippen LogP contribution in [0, 0.1) is 6.92 Å². The lowest BCUT2D eigenvalue weighted by molar-refractivity contribution is -0.143. The van der Waals surface area contributed by atoms with Gasteiger partial charge in [-0.05, 0) is 6.92 Å². The van der Waals surface area contributed by atoms with Crippen LogP contribution in [0.1, 0.15) is 17.8 Å². The molecule has 0 fully saturated rings. The number of amides is 2. The van der Waals surface area contributed by atoms with Crippen LogP contribution in [-0.4, -0.2) is 38.3 Å². The Morgan fingerprint density at radius 2 is 2.24 bits per heavy atom. The first-order chi connectivity index (χ1) is 9.86. The molecule has 0 aliphatic heterocycles. The van der Waals surface area contributed by atoms with Crippen LogP contribution in [0.2, 0.25) is 0 Å². The highest BCUT2D eigenvalue weighted by atomic mass is 32.1. The van der Waals surface area contributed by atoms with E-state index in [9.17, 15) is 14.4 Å². The highest BCUT2D eigenvalue weighted by Gasteiger charge is 2.22. The summed E-state index contributed by atoms with van der Waals surface area (Å²) >= 11 is 1.39. The number of nitrogens with zero attached hydrogens (tertiary/aromatic N) is 2. The minimum atomic E-state index is -1.31.